The number of hydrogen-bond acceptors (Lipinski definition) is 3. The van der Waals surface area contributed by atoms with Gasteiger partial charge < -0.3 is 14.5 Å². The van der Waals surface area contributed by atoms with Crippen molar-refractivity contribution in [2.75, 3.05) is 20.1 Å². The third kappa shape index (κ3) is 8.13. The lowest BCUT2D eigenvalue weighted by atomic mass is 9.69. The lowest BCUT2D eigenvalue weighted by Gasteiger charge is -2.43. The molecule has 1 aliphatic rings. The Labute approximate surface area is 234 Å². The molecule has 0 saturated carbocycles. The molecule has 12 heteroatoms. The van der Waals surface area contributed by atoms with Crippen LogP contribution in [0.5, 0.6) is 0 Å². The first-order chi connectivity index (χ1) is 18.7. The topological polar surface area (TPSA) is 49.9 Å². The lowest BCUT2D eigenvalue weighted by Crippen LogP contribution is -2.48. The van der Waals surface area contributed by atoms with Crippen molar-refractivity contribution in [3.05, 3.63) is 70.0 Å². The molecule has 1 saturated heterocycles. The van der Waals surface area contributed by atoms with Crippen molar-refractivity contribution in [2.24, 2.45) is 0 Å². The van der Waals surface area contributed by atoms with Gasteiger partial charge in [0.15, 0.2) is 0 Å². The van der Waals surface area contributed by atoms with Crippen LogP contribution < -0.4 is 0 Å². The summed E-state index contributed by atoms with van der Waals surface area (Å²) in [7, 11) is 1.30. The van der Waals surface area contributed by atoms with Crippen LogP contribution in [0.15, 0.2) is 36.4 Å². The van der Waals surface area contributed by atoms with Gasteiger partial charge in [-0.25, -0.2) is 9.18 Å². The summed E-state index contributed by atoms with van der Waals surface area (Å²) in [4.78, 5) is 28.7. The number of piperidine rings is 1. The van der Waals surface area contributed by atoms with Crippen LogP contribution in [0.3, 0.4) is 0 Å². The minimum absolute atomic E-state index is 0.0378. The summed E-state index contributed by atoms with van der Waals surface area (Å²) in [6.07, 6.45) is -10.1. The number of amides is 2. The zero-order chi connectivity index (χ0) is 31.0. The number of nitrogens with zero attached hydrogens (tertiary/aromatic N) is 2. The Bertz CT molecular complexity index is 1240. The van der Waals surface area contributed by atoms with E-state index in [4.69, 9.17) is 4.74 Å². The zero-order valence-corrected chi connectivity index (χ0v) is 23.5. The number of halogens is 7. The summed E-state index contributed by atoms with van der Waals surface area (Å²) in [6.45, 7) is 6.85. The zero-order valence-electron chi connectivity index (χ0n) is 23.5. The summed E-state index contributed by atoms with van der Waals surface area (Å²) in [5.74, 6) is -0.994. The molecule has 226 valence electrons. The molecule has 0 N–H and O–H groups in total. The SMILES string of the molecule is Cc1cc(F)ccc1C1(CC(=O)N(C)Cc2cc(C(F)(F)F)cc(C(F)(F)F)c2)CCN(C(=O)OC(C)(C)C)CC1. The number of benzene rings is 2. The molecular formula is C29H33F7N2O3. The highest BCUT2D eigenvalue weighted by Gasteiger charge is 2.42. The van der Waals surface area contributed by atoms with E-state index in [0.29, 0.717) is 36.1 Å². The van der Waals surface area contributed by atoms with Gasteiger partial charge in [-0.2, -0.15) is 26.3 Å². The van der Waals surface area contributed by atoms with E-state index in [1.807, 2.05) is 0 Å². The monoisotopic (exact) mass is 590 g/mol. The van der Waals surface area contributed by atoms with Crippen LogP contribution in [-0.4, -0.2) is 47.5 Å². The predicted molar refractivity (Wildman–Crippen MR) is 137 cm³/mol. The van der Waals surface area contributed by atoms with Crippen molar-refractivity contribution >= 4 is 12.0 Å². The van der Waals surface area contributed by atoms with E-state index in [0.717, 1.165) is 4.90 Å². The molecule has 0 aliphatic carbocycles. The summed E-state index contributed by atoms with van der Waals surface area (Å²) < 4.78 is 99.3. The second-order valence-electron chi connectivity index (χ2n) is 11.5. The minimum Gasteiger partial charge on any atom is -0.444 e. The highest BCUT2D eigenvalue weighted by Crippen LogP contribution is 2.42. The Hall–Kier alpha value is -3.31. The summed E-state index contributed by atoms with van der Waals surface area (Å²) >= 11 is 0. The number of alkyl halides is 6. The minimum atomic E-state index is -5.01. The first-order valence-corrected chi connectivity index (χ1v) is 13.0. The molecule has 0 atom stereocenters. The van der Waals surface area contributed by atoms with E-state index in [9.17, 15) is 40.3 Å². The van der Waals surface area contributed by atoms with Gasteiger partial charge in [-0.1, -0.05) is 6.07 Å². The summed E-state index contributed by atoms with van der Waals surface area (Å²) in [5.41, 5.74) is -3.55. The quantitative estimate of drug-likeness (QED) is 0.339. The maximum absolute atomic E-state index is 13.9. The number of ether oxygens (including phenoxy) is 1. The molecule has 1 heterocycles. The Kier molecular flexibility index (Phi) is 9.05. The molecular weight excluding hydrogens is 557 g/mol. The highest BCUT2D eigenvalue weighted by molar-refractivity contribution is 5.78. The van der Waals surface area contributed by atoms with E-state index in [2.05, 4.69) is 0 Å². The maximum Gasteiger partial charge on any atom is 0.416 e. The molecule has 0 unspecified atom stereocenters. The van der Waals surface area contributed by atoms with Crippen molar-refractivity contribution in [3.63, 3.8) is 0 Å². The first-order valence-electron chi connectivity index (χ1n) is 13.0. The van der Waals surface area contributed by atoms with Crippen LogP contribution in [0.1, 0.15) is 67.9 Å². The average Bonchev–Trinajstić information content (AvgIpc) is 2.82. The fourth-order valence-electron chi connectivity index (χ4n) is 5.10. The van der Waals surface area contributed by atoms with Crippen molar-refractivity contribution in [3.8, 4) is 0 Å². The van der Waals surface area contributed by atoms with Gasteiger partial charge in [0.25, 0.3) is 0 Å². The first kappa shape index (κ1) is 32.2. The van der Waals surface area contributed by atoms with E-state index in [1.54, 1.807) is 33.8 Å². The molecule has 0 bridgehead atoms. The van der Waals surface area contributed by atoms with E-state index >= 15 is 0 Å². The van der Waals surface area contributed by atoms with Gasteiger partial charge in [0.1, 0.15) is 11.4 Å². The number of rotatable bonds is 5. The van der Waals surface area contributed by atoms with Crippen molar-refractivity contribution in [2.45, 2.75) is 76.9 Å². The number of carbonyl (C=O) groups is 2. The number of hydrogen-bond donors (Lipinski definition) is 0. The van der Waals surface area contributed by atoms with Crippen LogP contribution >= 0.6 is 0 Å². The van der Waals surface area contributed by atoms with Crippen LogP contribution in [0.25, 0.3) is 0 Å². The maximum atomic E-state index is 13.9. The van der Waals surface area contributed by atoms with Crippen LogP contribution in [0.4, 0.5) is 35.5 Å². The van der Waals surface area contributed by atoms with Crippen molar-refractivity contribution < 1.29 is 45.1 Å². The molecule has 0 aromatic heterocycles. The molecule has 0 radical (unpaired) electrons. The van der Waals surface area contributed by atoms with Gasteiger partial charge in [0.2, 0.25) is 5.91 Å². The smallest absolute Gasteiger partial charge is 0.416 e. The van der Waals surface area contributed by atoms with E-state index < -0.39 is 58.9 Å². The Morgan fingerprint density at radius 3 is 1.93 bits per heavy atom. The standard InChI is InChI=1S/C29H33F7N2O3/c1-18-12-22(30)6-7-23(18)27(8-10-38(11-9-27)25(40)41-26(2,3)4)16-24(39)37(5)17-19-13-20(28(31,32)33)15-21(14-19)29(34,35)36/h6-7,12-15H,8-11,16-17H2,1-5H3. The normalized spacial score (nSPS) is 16.0. The average molecular weight is 591 g/mol. The molecule has 2 aromatic rings. The Morgan fingerprint density at radius 2 is 1.46 bits per heavy atom. The summed E-state index contributed by atoms with van der Waals surface area (Å²) in [5, 5.41) is 0. The molecule has 3 rings (SSSR count). The Balaban J connectivity index is 1.88. The van der Waals surface area contributed by atoms with Crippen LogP contribution in [0, 0.1) is 12.7 Å². The third-order valence-corrected chi connectivity index (χ3v) is 7.11. The van der Waals surface area contributed by atoms with Gasteiger partial charge in [-0.05, 0) is 87.6 Å². The van der Waals surface area contributed by atoms with Gasteiger partial charge in [-0.15, -0.1) is 0 Å². The molecule has 1 fully saturated rings. The third-order valence-electron chi connectivity index (χ3n) is 7.11. The summed E-state index contributed by atoms with van der Waals surface area (Å²) in [6, 6.07) is 5.39. The van der Waals surface area contributed by atoms with E-state index in [-0.39, 0.29) is 31.1 Å². The van der Waals surface area contributed by atoms with Gasteiger partial charge in [0.05, 0.1) is 11.1 Å². The second-order valence-corrected chi connectivity index (χ2v) is 11.5. The predicted octanol–water partition coefficient (Wildman–Crippen LogP) is 7.49. The van der Waals surface area contributed by atoms with Gasteiger partial charge >= 0.3 is 18.4 Å². The molecule has 2 aromatic carbocycles. The molecule has 41 heavy (non-hydrogen) atoms. The lowest BCUT2D eigenvalue weighted by molar-refractivity contribution is -0.143. The molecule has 5 nitrogen and oxygen atoms in total. The molecule has 1 aliphatic heterocycles. The fourth-order valence-corrected chi connectivity index (χ4v) is 5.10. The number of aryl methyl sites for hydroxylation is 1. The van der Waals surface area contributed by atoms with Crippen molar-refractivity contribution in [1.82, 2.24) is 9.80 Å². The van der Waals surface area contributed by atoms with Crippen LogP contribution in [-0.2, 0) is 33.8 Å². The van der Waals surface area contributed by atoms with Crippen molar-refractivity contribution in [1.29, 1.82) is 0 Å². The van der Waals surface area contributed by atoms with Gasteiger partial charge in [0, 0.05) is 38.5 Å². The fraction of sp³-hybridized carbons (Fsp3) is 0.517. The number of likely N-dealkylation sites (tertiary alicyclic amines) is 1. The largest absolute Gasteiger partial charge is 0.444 e. The highest BCUT2D eigenvalue weighted by atomic mass is 19.4. The molecule has 0 spiro atoms. The van der Waals surface area contributed by atoms with Crippen LogP contribution in [0.2, 0.25) is 0 Å². The Morgan fingerprint density at radius 1 is 0.927 bits per heavy atom. The van der Waals surface area contributed by atoms with E-state index in [1.165, 1.54) is 24.1 Å². The van der Waals surface area contributed by atoms with Gasteiger partial charge in [-0.3, -0.25) is 4.79 Å². The molecule has 2 amide bonds. The second kappa shape index (κ2) is 11.5. The number of carbonyl (C=O) groups excluding carboxylic acids is 2.